The van der Waals surface area contributed by atoms with Crippen molar-refractivity contribution in [1.29, 1.82) is 0 Å². The molecule has 0 unspecified atom stereocenters. The third kappa shape index (κ3) is 6.24. The monoisotopic (exact) mass is 519 g/mol. The van der Waals surface area contributed by atoms with E-state index in [-0.39, 0.29) is 30.0 Å². The van der Waals surface area contributed by atoms with Gasteiger partial charge < -0.3 is 4.74 Å². The van der Waals surface area contributed by atoms with Gasteiger partial charge in [0.25, 0.3) is 0 Å². The number of benzene rings is 2. The van der Waals surface area contributed by atoms with Gasteiger partial charge in [-0.25, -0.2) is 24.5 Å². The summed E-state index contributed by atoms with van der Waals surface area (Å²) >= 11 is 12.2. The third-order valence-electron chi connectivity index (χ3n) is 5.33. The van der Waals surface area contributed by atoms with Crippen LogP contribution in [0.15, 0.2) is 42.6 Å². The van der Waals surface area contributed by atoms with E-state index in [0.29, 0.717) is 34.3 Å². The van der Waals surface area contributed by atoms with Crippen LogP contribution in [-0.2, 0) is 14.5 Å². The quantitative estimate of drug-likeness (QED) is 0.302. The maximum absolute atomic E-state index is 12.5. The molecule has 1 saturated heterocycles. The van der Waals surface area contributed by atoms with Crippen LogP contribution in [0.2, 0.25) is 10.2 Å². The molecule has 0 saturated carbocycles. The van der Waals surface area contributed by atoms with E-state index in [9.17, 15) is 4.79 Å². The molecule has 2 aromatic carbocycles. The SMILES string of the molecule is Cc1cccc(OC(=O)CCC(C)(C)C)c1N1CON(c2cc(Cl)ccc2-n2cc(Cl)nn2)CO1. The summed E-state index contributed by atoms with van der Waals surface area (Å²) in [5.74, 6) is 0.128. The Morgan fingerprint density at radius 2 is 1.83 bits per heavy atom. The van der Waals surface area contributed by atoms with Crippen molar-refractivity contribution < 1.29 is 19.2 Å². The molecule has 0 spiro atoms. The summed E-state index contributed by atoms with van der Waals surface area (Å²) in [7, 11) is 0. The van der Waals surface area contributed by atoms with E-state index in [2.05, 4.69) is 31.1 Å². The van der Waals surface area contributed by atoms with Crippen LogP contribution in [0, 0.1) is 12.3 Å². The van der Waals surface area contributed by atoms with Crippen LogP contribution in [0.25, 0.3) is 5.69 Å². The van der Waals surface area contributed by atoms with Crippen molar-refractivity contribution in [2.24, 2.45) is 5.41 Å². The molecular formula is C24H27Cl2N5O4. The lowest BCUT2D eigenvalue weighted by Crippen LogP contribution is -2.44. The molecule has 9 nitrogen and oxygen atoms in total. The first-order chi connectivity index (χ1) is 16.6. The Kier molecular flexibility index (Phi) is 7.51. The number of hydrogen-bond donors (Lipinski definition) is 0. The average molecular weight is 520 g/mol. The Morgan fingerprint density at radius 1 is 1.09 bits per heavy atom. The lowest BCUT2D eigenvalue weighted by Gasteiger charge is -2.36. The number of ether oxygens (including phenoxy) is 1. The number of esters is 1. The van der Waals surface area contributed by atoms with Gasteiger partial charge in [0.2, 0.25) is 0 Å². The molecule has 1 aliphatic rings. The summed E-state index contributed by atoms with van der Waals surface area (Å²) < 4.78 is 7.23. The topological polar surface area (TPSA) is 82.0 Å². The fraction of sp³-hybridized carbons (Fsp3) is 0.375. The summed E-state index contributed by atoms with van der Waals surface area (Å²) in [6.45, 7) is 8.27. The van der Waals surface area contributed by atoms with Crippen LogP contribution >= 0.6 is 23.2 Å². The van der Waals surface area contributed by atoms with Gasteiger partial charge >= 0.3 is 5.97 Å². The van der Waals surface area contributed by atoms with Crippen molar-refractivity contribution in [3.8, 4) is 11.4 Å². The normalized spacial score (nSPS) is 14.3. The number of nitrogens with zero attached hydrogens (tertiary/aromatic N) is 5. The molecule has 1 aliphatic heterocycles. The molecule has 11 heteroatoms. The first kappa shape index (κ1) is 25.2. The average Bonchev–Trinajstić information content (AvgIpc) is 3.23. The lowest BCUT2D eigenvalue weighted by molar-refractivity contribution is -0.135. The highest BCUT2D eigenvalue weighted by Crippen LogP contribution is 2.36. The van der Waals surface area contributed by atoms with E-state index in [1.807, 2.05) is 19.1 Å². The van der Waals surface area contributed by atoms with Crippen molar-refractivity contribution in [3.63, 3.8) is 0 Å². The van der Waals surface area contributed by atoms with Crippen molar-refractivity contribution >= 4 is 40.5 Å². The molecule has 1 fully saturated rings. The van der Waals surface area contributed by atoms with Crippen LogP contribution in [0.3, 0.4) is 0 Å². The minimum absolute atomic E-state index is 0.0402. The largest absolute Gasteiger partial charge is 0.424 e. The number of para-hydroxylation sites is 1. The predicted molar refractivity (Wildman–Crippen MR) is 134 cm³/mol. The van der Waals surface area contributed by atoms with Crippen molar-refractivity contribution in [2.45, 2.75) is 40.5 Å². The minimum atomic E-state index is -0.290. The van der Waals surface area contributed by atoms with E-state index in [1.54, 1.807) is 40.6 Å². The first-order valence-electron chi connectivity index (χ1n) is 11.1. The van der Waals surface area contributed by atoms with Gasteiger partial charge in [-0.1, -0.05) is 61.3 Å². The summed E-state index contributed by atoms with van der Waals surface area (Å²) in [5.41, 5.74) is 2.83. The van der Waals surface area contributed by atoms with Crippen LogP contribution < -0.4 is 14.9 Å². The molecule has 186 valence electrons. The number of hydrogen-bond acceptors (Lipinski definition) is 8. The molecule has 0 atom stereocenters. The zero-order chi connectivity index (χ0) is 25.2. The van der Waals surface area contributed by atoms with E-state index >= 15 is 0 Å². The van der Waals surface area contributed by atoms with Crippen molar-refractivity contribution in [2.75, 3.05) is 23.6 Å². The van der Waals surface area contributed by atoms with Gasteiger partial charge in [-0.3, -0.25) is 4.79 Å². The molecule has 0 N–H and O–H groups in total. The predicted octanol–water partition coefficient (Wildman–Crippen LogP) is 5.72. The lowest BCUT2D eigenvalue weighted by atomic mass is 9.91. The van der Waals surface area contributed by atoms with E-state index in [0.717, 1.165) is 12.0 Å². The Morgan fingerprint density at radius 3 is 2.49 bits per heavy atom. The van der Waals surface area contributed by atoms with Gasteiger partial charge in [-0.15, -0.1) is 5.10 Å². The van der Waals surface area contributed by atoms with Crippen LogP contribution in [0.5, 0.6) is 5.75 Å². The zero-order valence-corrected chi connectivity index (χ0v) is 21.5. The first-order valence-corrected chi connectivity index (χ1v) is 11.9. The number of halogens is 2. The standard InChI is InChI=1S/C24H27Cl2N5O4/c1-16-6-5-7-20(35-22(32)10-11-24(2,3)4)23(16)31-15-33-30(14-34-31)19-12-17(25)8-9-18(19)29-13-21(26)27-28-29/h5-9,12-13H,10-11,14-15H2,1-4H3. The molecule has 0 radical (unpaired) electrons. The summed E-state index contributed by atoms with van der Waals surface area (Å²) in [6, 6.07) is 10.8. The smallest absolute Gasteiger partial charge is 0.311 e. The Balaban J connectivity index is 1.50. The maximum Gasteiger partial charge on any atom is 0.311 e. The number of carbonyl (C=O) groups is 1. The number of aromatic nitrogens is 3. The second-order valence-electron chi connectivity index (χ2n) is 9.35. The van der Waals surface area contributed by atoms with Gasteiger partial charge in [0.15, 0.2) is 24.4 Å². The summed E-state index contributed by atoms with van der Waals surface area (Å²) in [4.78, 5) is 24.5. The molecule has 3 aromatic rings. The van der Waals surface area contributed by atoms with Gasteiger partial charge in [0, 0.05) is 11.4 Å². The van der Waals surface area contributed by atoms with Crippen LogP contribution in [0.1, 0.15) is 39.2 Å². The number of carbonyl (C=O) groups excluding carboxylic acids is 1. The molecule has 4 rings (SSSR count). The summed E-state index contributed by atoms with van der Waals surface area (Å²) in [6.07, 6.45) is 2.63. The number of hydroxylamine groups is 2. The highest BCUT2D eigenvalue weighted by atomic mass is 35.5. The number of rotatable bonds is 6. The molecule has 0 amide bonds. The molecule has 2 heterocycles. The Bertz CT molecular complexity index is 1200. The minimum Gasteiger partial charge on any atom is -0.424 e. The van der Waals surface area contributed by atoms with Crippen molar-refractivity contribution in [1.82, 2.24) is 15.0 Å². The summed E-state index contributed by atoms with van der Waals surface area (Å²) in [5, 5.41) is 11.8. The third-order valence-corrected chi connectivity index (χ3v) is 5.74. The van der Waals surface area contributed by atoms with Gasteiger partial charge in [0.05, 0.1) is 17.6 Å². The van der Waals surface area contributed by atoms with E-state index < -0.39 is 0 Å². The molecule has 35 heavy (non-hydrogen) atoms. The zero-order valence-electron chi connectivity index (χ0n) is 20.0. The number of anilines is 2. The van der Waals surface area contributed by atoms with E-state index in [1.165, 1.54) is 4.68 Å². The van der Waals surface area contributed by atoms with Crippen LogP contribution in [0.4, 0.5) is 11.4 Å². The fourth-order valence-corrected chi connectivity index (χ4v) is 3.82. The second-order valence-corrected chi connectivity index (χ2v) is 10.2. The highest BCUT2D eigenvalue weighted by molar-refractivity contribution is 6.31. The Labute approximate surface area is 214 Å². The molecular weight excluding hydrogens is 493 g/mol. The number of aryl methyl sites for hydroxylation is 1. The van der Waals surface area contributed by atoms with Gasteiger partial charge in [0.1, 0.15) is 5.69 Å². The Hall–Kier alpha value is -2.85. The van der Waals surface area contributed by atoms with Gasteiger partial charge in [-0.05, 0) is 48.6 Å². The molecule has 0 bridgehead atoms. The van der Waals surface area contributed by atoms with E-state index in [4.69, 9.17) is 37.6 Å². The van der Waals surface area contributed by atoms with Crippen molar-refractivity contribution in [3.05, 3.63) is 58.3 Å². The molecule has 0 aliphatic carbocycles. The fourth-order valence-electron chi connectivity index (χ4n) is 3.52. The molecule has 1 aromatic heterocycles. The highest BCUT2D eigenvalue weighted by Gasteiger charge is 2.27. The van der Waals surface area contributed by atoms with Gasteiger partial charge in [-0.2, -0.15) is 0 Å². The second kappa shape index (κ2) is 10.4. The maximum atomic E-state index is 12.5. The van der Waals surface area contributed by atoms with Crippen LogP contribution in [-0.4, -0.2) is 34.4 Å².